The van der Waals surface area contributed by atoms with E-state index in [9.17, 15) is 9.59 Å². The molecule has 0 bridgehead atoms. The zero-order chi connectivity index (χ0) is 20.9. The molecule has 9 nitrogen and oxygen atoms in total. The fraction of sp³-hybridized carbons (Fsp3) is 0.444. The SMILES string of the molecule is Cc1nsc(N)c1C(=O)Nc1ccc(NCCN(C)C(=O)OC(C)(C)C)nc1. The average molecular weight is 407 g/mol. The van der Waals surface area contributed by atoms with Crippen molar-refractivity contribution in [1.29, 1.82) is 0 Å². The quantitative estimate of drug-likeness (QED) is 0.674. The molecule has 2 heterocycles. The molecular formula is C18H26N6O3S. The van der Waals surface area contributed by atoms with E-state index in [1.165, 1.54) is 4.90 Å². The van der Waals surface area contributed by atoms with E-state index in [0.717, 1.165) is 11.5 Å². The van der Waals surface area contributed by atoms with Gasteiger partial charge in [-0.3, -0.25) is 4.79 Å². The van der Waals surface area contributed by atoms with Crippen LogP contribution < -0.4 is 16.4 Å². The Bertz CT molecular complexity index is 809. The number of carbonyl (C=O) groups is 2. The number of aryl methyl sites for hydroxylation is 1. The number of aromatic nitrogens is 2. The Balaban J connectivity index is 1.83. The topological polar surface area (TPSA) is 122 Å². The van der Waals surface area contributed by atoms with Crippen LogP contribution >= 0.6 is 11.5 Å². The number of nitrogen functional groups attached to an aromatic ring is 1. The van der Waals surface area contributed by atoms with Crippen LogP contribution in [0.25, 0.3) is 0 Å². The molecule has 0 unspecified atom stereocenters. The molecule has 152 valence electrons. The fourth-order valence-corrected chi connectivity index (χ4v) is 2.87. The van der Waals surface area contributed by atoms with E-state index in [4.69, 9.17) is 10.5 Å². The number of likely N-dealkylation sites (N-methyl/N-ethyl adjacent to an activating group) is 1. The lowest BCUT2D eigenvalue weighted by atomic mass is 10.2. The van der Waals surface area contributed by atoms with Crippen LogP contribution in [0.2, 0.25) is 0 Å². The van der Waals surface area contributed by atoms with Crippen LogP contribution in [0.15, 0.2) is 18.3 Å². The van der Waals surface area contributed by atoms with Gasteiger partial charge < -0.3 is 26.0 Å². The van der Waals surface area contributed by atoms with E-state index in [1.54, 1.807) is 32.3 Å². The number of nitrogens with zero attached hydrogens (tertiary/aromatic N) is 3. The third-order valence-corrected chi connectivity index (χ3v) is 4.36. The van der Waals surface area contributed by atoms with E-state index in [0.29, 0.717) is 40.9 Å². The van der Waals surface area contributed by atoms with Crippen LogP contribution in [0.5, 0.6) is 0 Å². The number of nitrogens with one attached hydrogen (secondary N) is 2. The highest BCUT2D eigenvalue weighted by Crippen LogP contribution is 2.22. The molecule has 0 saturated heterocycles. The second kappa shape index (κ2) is 8.87. The molecular weight excluding hydrogens is 380 g/mol. The van der Waals surface area contributed by atoms with E-state index >= 15 is 0 Å². The summed E-state index contributed by atoms with van der Waals surface area (Å²) in [4.78, 5) is 29.9. The van der Waals surface area contributed by atoms with E-state index in [2.05, 4.69) is 20.0 Å². The summed E-state index contributed by atoms with van der Waals surface area (Å²) in [6.45, 7) is 8.17. The zero-order valence-corrected chi connectivity index (χ0v) is 17.5. The average Bonchev–Trinajstić information content (AvgIpc) is 2.93. The van der Waals surface area contributed by atoms with Crippen molar-refractivity contribution in [2.45, 2.75) is 33.3 Å². The summed E-state index contributed by atoms with van der Waals surface area (Å²) in [6.07, 6.45) is 1.17. The summed E-state index contributed by atoms with van der Waals surface area (Å²) in [5.74, 6) is 0.314. The van der Waals surface area contributed by atoms with Gasteiger partial charge in [-0.25, -0.2) is 9.78 Å². The number of pyridine rings is 1. The largest absolute Gasteiger partial charge is 0.444 e. The first-order chi connectivity index (χ1) is 13.1. The minimum Gasteiger partial charge on any atom is -0.444 e. The summed E-state index contributed by atoms with van der Waals surface area (Å²) in [5, 5.41) is 6.25. The summed E-state index contributed by atoms with van der Waals surface area (Å²) >= 11 is 1.09. The first kappa shape index (κ1) is 21.4. The predicted octanol–water partition coefficient (Wildman–Crippen LogP) is 2.96. The highest BCUT2D eigenvalue weighted by atomic mass is 32.1. The number of nitrogens with two attached hydrogens (primary N) is 1. The Kier molecular flexibility index (Phi) is 6.79. The Morgan fingerprint density at radius 1 is 1.32 bits per heavy atom. The molecule has 10 heteroatoms. The molecule has 0 radical (unpaired) electrons. The third-order valence-electron chi connectivity index (χ3n) is 3.60. The summed E-state index contributed by atoms with van der Waals surface area (Å²) in [6, 6.07) is 3.47. The van der Waals surface area contributed by atoms with Gasteiger partial charge in [0.1, 0.15) is 16.4 Å². The minimum absolute atomic E-state index is 0.315. The first-order valence-corrected chi connectivity index (χ1v) is 9.51. The molecule has 0 fully saturated rings. The van der Waals surface area contributed by atoms with Crippen LogP contribution in [-0.2, 0) is 4.74 Å². The van der Waals surface area contributed by atoms with Crippen LogP contribution in [0, 0.1) is 6.92 Å². The molecule has 4 N–H and O–H groups in total. The van der Waals surface area contributed by atoms with Crippen molar-refractivity contribution in [3.63, 3.8) is 0 Å². The Labute approximate surface area is 168 Å². The van der Waals surface area contributed by atoms with Gasteiger partial charge in [-0.15, -0.1) is 0 Å². The lowest BCUT2D eigenvalue weighted by Gasteiger charge is -2.24. The fourth-order valence-electron chi connectivity index (χ4n) is 2.21. The normalized spacial score (nSPS) is 11.0. The maximum absolute atomic E-state index is 12.3. The molecule has 2 rings (SSSR count). The van der Waals surface area contributed by atoms with E-state index < -0.39 is 5.60 Å². The van der Waals surface area contributed by atoms with Crippen molar-refractivity contribution < 1.29 is 14.3 Å². The molecule has 0 aromatic carbocycles. The summed E-state index contributed by atoms with van der Waals surface area (Å²) < 4.78 is 9.36. The Hall–Kier alpha value is -2.88. The smallest absolute Gasteiger partial charge is 0.410 e. The van der Waals surface area contributed by atoms with E-state index in [-0.39, 0.29) is 12.0 Å². The van der Waals surface area contributed by atoms with Crippen molar-refractivity contribution >= 4 is 40.0 Å². The predicted molar refractivity (Wildman–Crippen MR) is 111 cm³/mol. The van der Waals surface area contributed by atoms with Crippen LogP contribution in [0.1, 0.15) is 36.8 Å². The van der Waals surface area contributed by atoms with Gasteiger partial charge in [0.05, 0.1) is 23.1 Å². The molecule has 2 amide bonds. The molecule has 0 atom stereocenters. The summed E-state index contributed by atoms with van der Waals surface area (Å²) in [5.41, 5.74) is 6.79. The van der Waals surface area contributed by atoms with Gasteiger partial charge in [0.25, 0.3) is 5.91 Å². The van der Waals surface area contributed by atoms with Gasteiger partial charge in [0.2, 0.25) is 0 Å². The van der Waals surface area contributed by atoms with Gasteiger partial charge >= 0.3 is 6.09 Å². The van der Waals surface area contributed by atoms with Crippen LogP contribution in [0.3, 0.4) is 0 Å². The van der Waals surface area contributed by atoms with Gasteiger partial charge in [-0.2, -0.15) is 4.37 Å². The number of hydrogen-bond donors (Lipinski definition) is 3. The number of amides is 2. The zero-order valence-electron chi connectivity index (χ0n) is 16.7. The van der Waals surface area contributed by atoms with Crippen molar-refractivity contribution in [3.8, 4) is 0 Å². The van der Waals surface area contributed by atoms with Crippen molar-refractivity contribution in [1.82, 2.24) is 14.3 Å². The second-order valence-corrected chi connectivity index (χ2v) is 8.03. The van der Waals surface area contributed by atoms with Crippen molar-refractivity contribution in [2.75, 3.05) is 36.5 Å². The maximum Gasteiger partial charge on any atom is 0.410 e. The van der Waals surface area contributed by atoms with Crippen molar-refractivity contribution in [2.24, 2.45) is 0 Å². The number of hydrogen-bond acceptors (Lipinski definition) is 8. The molecule has 0 aliphatic heterocycles. The molecule has 28 heavy (non-hydrogen) atoms. The molecule has 2 aromatic rings. The van der Waals surface area contributed by atoms with Crippen LogP contribution in [0.4, 0.5) is 21.3 Å². The summed E-state index contributed by atoms with van der Waals surface area (Å²) in [7, 11) is 1.68. The van der Waals surface area contributed by atoms with Crippen molar-refractivity contribution in [3.05, 3.63) is 29.6 Å². The number of carbonyl (C=O) groups excluding carboxylic acids is 2. The highest BCUT2D eigenvalue weighted by molar-refractivity contribution is 7.10. The third kappa shape index (κ3) is 6.08. The first-order valence-electron chi connectivity index (χ1n) is 8.74. The minimum atomic E-state index is -0.525. The van der Waals surface area contributed by atoms with Gasteiger partial charge in [0, 0.05) is 20.1 Å². The molecule has 0 saturated carbocycles. The van der Waals surface area contributed by atoms with Crippen LogP contribution in [-0.4, -0.2) is 52.0 Å². The molecule has 0 aliphatic rings. The second-order valence-electron chi connectivity index (χ2n) is 7.22. The molecule has 0 aliphatic carbocycles. The monoisotopic (exact) mass is 406 g/mol. The number of ether oxygens (including phenoxy) is 1. The molecule has 2 aromatic heterocycles. The Morgan fingerprint density at radius 3 is 2.57 bits per heavy atom. The highest BCUT2D eigenvalue weighted by Gasteiger charge is 2.19. The van der Waals surface area contributed by atoms with Gasteiger partial charge in [0.15, 0.2) is 0 Å². The maximum atomic E-state index is 12.3. The molecule has 0 spiro atoms. The van der Waals surface area contributed by atoms with Gasteiger partial charge in [-0.1, -0.05) is 0 Å². The number of anilines is 3. The lowest BCUT2D eigenvalue weighted by molar-refractivity contribution is 0.0305. The standard InChI is InChI=1S/C18H26N6O3S/c1-11-14(15(19)28-23-11)16(25)22-12-6-7-13(21-10-12)20-8-9-24(5)17(26)27-18(2,3)4/h6-7,10H,8-9,19H2,1-5H3,(H,20,21)(H,22,25). The van der Waals surface area contributed by atoms with Gasteiger partial charge in [-0.05, 0) is 51.4 Å². The lowest BCUT2D eigenvalue weighted by Crippen LogP contribution is -2.36. The Morgan fingerprint density at radius 2 is 2.04 bits per heavy atom. The number of rotatable bonds is 6. The van der Waals surface area contributed by atoms with E-state index in [1.807, 2.05) is 20.8 Å².